The van der Waals surface area contributed by atoms with E-state index in [4.69, 9.17) is 9.84 Å². The van der Waals surface area contributed by atoms with Gasteiger partial charge >= 0.3 is 5.97 Å². The molecule has 0 saturated carbocycles. The number of aliphatic hydroxyl groups is 1. The van der Waals surface area contributed by atoms with Crippen LogP contribution in [-0.4, -0.2) is 28.9 Å². The van der Waals surface area contributed by atoms with Crippen molar-refractivity contribution >= 4 is 5.97 Å². The summed E-state index contributed by atoms with van der Waals surface area (Å²) in [6, 6.07) is 9.62. The zero-order chi connectivity index (χ0) is 13.2. The van der Waals surface area contributed by atoms with Gasteiger partial charge in [-0.1, -0.05) is 24.6 Å². The average Bonchev–Trinajstić information content (AvgIpc) is 2.34. The van der Waals surface area contributed by atoms with Crippen LogP contribution in [-0.2, 0) is 4.79 Å². The highest BCUT2D eigenvalue weighted by atomic mass is 16.5. The summed E-state index contributed by atoms with van der Waals surface area (Å²) in [5.74, 6) is -0.0849. The molecular formula is C14H20O4. The van der Waals surface area contributed by atoms with Crippen molar-refractivity contribution in [1.82, 2.24) is 0 Å². The third-order valence-corrected chi connectivity index (χ3v) is 2.60. The van der Waals surface area contributed by atoms with E-state index < -0.39 is 12.1 Å². The normalized spacial score (nSPS) is 12.1. The number of ether oxygens (including phenoxy) is 1. The molecular weight excluding hydrogens is 232 g/mol. The molecule has 1 atom stereocenters. The topological polar surface area (TPSA) is 66.8 Å². The maximum absolute atomic E-state index is 10.3. The highest BCUT2D eigenvalue weighted by Crippen LogP contribution is 2.10. The van der Waals surface area contributed by atoms with Crippen molar-refractivity contribution in [3.05, 3.63) is 30.3 Å². The monoisotopic (exact) mass is 252 g/mol. The van der Waals surface area contributed by atoms with Crippen LogP contribution in [0.4, 0.5) is 0 Å². The zero-order valence-corrected chi connectivity index (χ0v) is 10.4. The van der Waals surface area contributed by atoms with E-state index in [0.29, 0.717) is 13.0 Å². The van der Waals surface area contributed by atoms with Crippen LogP contribution in [0, 0.1) is 0 Å². The molecule has 1 aromatic carbocycles. The van der Waals surface area contributed by atoms with Crippen LogP contribution in [0.25, 0.3) is 0 Å². The molecule has 0 aliphatic heterocycles. The van der Waals surface area contributed by atoms with Gasteiger partial charge in [0.25, 0.3) is 0 Å². The number of unbranched alkanes of at least 4 members (excludes halogenated alkanes) is 2. The van der Waals surface area contributed by atoms with Crippen molar-refractivity contribution in [2.75, 3.05) is 6.61 Å². The van der Waals surface area contributed by atoms with Gasteiger partial charge in [0.05, 0.1) is 19.1 Å². The van der Waals surface area contributed by atoms with E-state index >= 15 is 0 Å². The molecule has 0 heterocycles. The second-order valence-electron chi connectivity index (χ2n) is 4.26. The molecule has 0 aliphatic carbocycles. The van der Waals surface area contributed by atoms with Gasteiger partial charge in [0.15, 0.2) is 0 Å². The number of carbonyl (C=O) groups is 1. The molecule has 100 valence electrons. The number of aliphatic hydroxyl groups excluding tert-OH is 1. The van der Waals surface area contributed by atoms with E-state index in [1.165, 1.54) is 0 Å². The van der Waals surface area contributed by atoms with Crippen LogP contribution < -0.4 is 4.74 Å². The summed E-state index contributed by atoms with van der Waals surface area (Å²) < 4.78 is 5.52. The second kappa shape index (κ2) is 8.53. The van der Waals surface area contributed by atoms with Gasteiger partial charge in [-0.15, -0.1) is 0 Å². The third-order valence-electron chi connectivity index (χ3n) is 2.60. The van der Waals surface area contributed by atoms with Crippen molar-refractivity contribution in [2.45, 2.75) is 38.2 Å². The van der Waals surface area contributed by atoms with Crippen LogP contribution in [0.15, 0.2) is 30.3 Å². The lowest BCUT2D eigenvalue weighted by Gasteiger charge is -2.08. The third kappa shape index (κ3) is 6.91. The molecule has 0 saturated heterocycles. The molecule has 0 aliphatic rings. The van der Waals surface area contributed by atoms with Crippen LogP contribution in [0.2, 0.25) is 0 Å². The molecule has 1 aromatic rings. The number of rotatable bonds is 9. The number of para-hydroxylation sites is 1. The molecule has 0 fully saturated rings. The van der Waals surface area contributed by atoms with Gasteiger partial charge < -0.3 is 14.9 Å². The van der Waals surface area contributed by atoms with Crippen LogP contribution >= 0.6 is 0 Å². The van der Waals surface area contributed by atoms with Gasteiger partial charge in [-0.3, -0.25) is 4.79 Å². The smallest absolute Gasteiger partial charge is 0.305 e. The van der Waals surface area contributed by atoms with Gasteiger partial charge in [0, 0.05) is 0 Å². The van der Waals surface area contributed by atoms with Crippen molar-refractivity contribution in [3.8, 4) is 5.75 Å². The first-order valence-electron chi connectivity index (χ1n) is 6.26. The van der Waals surface area contributed by atoms with Crippen LogP contribution in [0.1, 0.15) is 32.1 Å². The molecule has 4 nitrogen and oxygen atoms in total. The molecule has 18 heavy (non-hydrogen) atoms. The maximum atomic E-state index is 10.3. The van der Waals surface area contributed by atoms with Crippen molar-refractivity contribution in [2.24, 2.45) is 0 Å². The Hall–Kier alpha value is -1.55. The predicted molar refractivity (Wildman–Crippen MR) is 68.7 cm³/mol. The molecule has 0 radical (unpaired) electrons. The van der Waals surface area contributed by atoms with Crippen LogP contribution in [0.5, 0.6) is 5.75 Å². The average molecular weight is 252 g/mol. The second-order valence-corrected chi connectivity index (χ2v) is 4.26. The maximum Gasteiger partial charge on any atom is 0.305 e. The van der Waals surface area contributed by atoms with Gasteiger partial charge in [-0.25, -0.2) is 0 Å². The van der Waals surface area contributed by atoms with Crippen molar-refractivity contribution < 1.29 is 19.7 Å². The Morgan fingerprint density at radius 2 is 1.89 bits per heavy atom. The molecule has 4 heteroatoms. The van der Waals surface area contributed by atoms with Gasteiger partial charge in [0.2, 0.25) is 0 Å². The number of aliphatic carboxylic acids is 1. The molecule has 0 bridgehead atoms. The Kier molecular flexibility index (Phi) is 6.87. The number of carboxylic acids is 1. The van der Waals surface area contributed by atoms with Gasteiger partial charge in [-0.2, -0.15) is 0 Å². The first-order valence-corrected chi connectivity index (χ1v) is 6.26. The number of benzene rings is 1. The minimum Gasteiger partial charge on any atom is -0.494 e. The zero-order valence-electron chi connectivity index (χ0n) is 10.4. The summed E-state index contributed by atoms with van der Waals surface area (Å²) in [7, 11) is 0. The molecule has 0 aromatic heterocycles. The largest absolute Gasteiger partial charge is 0.494 e. The fourth-order valence-corrected chi connectivity index (χ4v) is 1.67. The summed E-state index contributed by atoms with van der Waals surface area (Å²) >= 11 is 0. The molecule has 1 rings (SSSR count). The number of hydrogen-bond donors (Lipinski definition) is 2. The summed E-state index contributed by atoms with van der Waals surface area (Å²) in [5, 5.41) is 17.8. The predicted octanol–water partition coefficient (Wildman–Crippen LogP) is 2.46. The van der Waals surface area contributed by atoms with Crippen molar-refractivity contribution in [1.29, 1.82) is 0 Å². The highest BCUT2D eigenvalue weighted by Gasteiger charge is 2.08. The highest BCUT2D eigenvalue weighted by molar-refractivity contribution is 5.67. The van der Waals surface area contributed by atoms with E-state index in [-0.39, 0.29) is 6.42 Å². The summed E-state index contributed by atoms with van der Waals surface area (Å²) in [4.78, 5) is 10.3. The molecule has 2 N–H and O–H groups in total. The summed E-state index contributed by atoms with van der Waals surface area (Å²) in [5.41, 5.74) is 0. The van der Waals surface area contributed by atoms with E-state index in [2.05, 4.69) is 0 Å². The SMILES string of the molecule is O=C(O)CC(O)CCCCCOc1ccccc1. The summed E-state index contributed by atoms with van der Waals surface area (Å²) in [6.07, 6.45) is 2.32. The Labute approximate surface area is 107 Å². The van der Waals surface area contributed by atoms with Crippen molar-refractivity contribution in [3.63, 3.8) is 0 Å². The number of carboxylic acid groups (broad SMARTS) is 1. The standard InChI is InChI=1S/C14H20O4/c15-12(11-14(16)17)7-3-2-6-10-18-13-8-4-1-5-9-13/h1,4-5,8-9,12,15H,2-3,6-7,10-11H2,(H,16,17). The van der Waals surface area contributed by atoms with E-state index in [1.807, 2.05) is 30.3 Å². The molecule has 0 amide bonds. The fourth-order valence-electron chi connectivity index (χ4n) is 1.67. The first-order chi connectivity index (χ1) is 8.68. The molecule has 0 spiro atoms. The minimum absolute atomic E-state index is 0.166. The Balaban J connectivity index is 1.97. The molecule has 1 unspecified atom stereocenters. The van der Waals surface area contributed by atoms with E-state index in [9.17, 15) is 9.90 Å². The fraction of sp³-hybridized carbons (Fsp3) is 0.500. The van der Waals surface area contributed by atoms with Gasteiger partial charge in [0.1, 0.15) is 5.75 Å². The quantitative estimate of drug-likeness (QED) is 0.662. The summed E-state index contributed by atoms with van der Waals surface area (Å²) in [6.45, 7) is 0.652. The van der Waals surface area contributed by atoms with E-state index in [1.54, 1.807) is 0 Å². The first kappa shape index (κ1) is 14.5. The van der Waals surface area contributed by atoms with E-state index in [0.717, 1.165) is 25.0 Å². The van der Waals surface area contributed by atoms with Crippen LogP contribution in [0.3, 0.4) is 0 Å². The Morgan fingerprint density at radius 3 is 2.56 bits per heavy atom. The Bertz CT molecular complexity index is 337. The lowest BCUT2D eigenvalue weighted by molar-refractivity contribution is -0.139. The van der Waals surface area contributed by atoms with Gasteiger partial charge in [-0.05, 0) is 31.4 Å². The number of hydrogen-bond acceptors (Lipinski definition) is 3. The Morgan fingerprint density at radius 1 is 1.17 bits per heavy atom. The lowest BCUT2D eigenvalue weighted by Crippen LogP contribution is -2.12. The lowest BCUT2D eigenvalue weighted by atomic mass is 10.1. The minimum atomic E-state index is -0.949.